The van der Waals surface area contributed by atoms with Crippen LogP contribution in [0.3, 0.4) is 0 Å². The molecule has 0 amide bonds. The maximum absolute atomic E-state index is 5.27. The maximum Gasteiger partial charge on any atom is 0.121 e. The molecule has 2 aromatic carbocycles. The smallest absolute Gasteiger partial charge is 0.121 e. The number of fused-ring (bicyclic) bond motifs is 1. The molecule has 0 spiro atoms. The van der Waals surface area contributed by atoms with Crippen molar-refractivity contribution in [2.45, 2.75) is 13.5 Å². The summed E-state index contributed by atoms with van der Waals surface area (Å²) in [7, 11) is 1.69. The first-order valence-corrected chi connectivity index (χ1v) is 6.57. The number of anilines is 1. The molecule has 0 atom stereocenters. The number of aryl methyl sites for hydroxylation is 1. The number of benzene rings is 2. The largest absolute Gasteiger partial charge is 0.496 e. The molecule has 3 rings (SSSR count). The van der Waals surface area contributed by atoms with E-state index in [4.69, 9.17) is 4.74 Å². The van der Waals surface area contributed by atoms with Crippen LogP contribution in [0, 0.1) is 6.92 Å². The molecule has 2 N–H and O–H groups in total. The van der Waals surface area contributed by atoms with Gasteiger partial charge in [0.2, 0.25) is 0 Å². The van der Waals surface area contributed by atoms with Gasteiger partial charge in [-0.25, -0.2) is 0 Å². The quantitative estimate of drug-likeness (QED) is 0.760. The molecule has 3 aromatic rings. The monoisotopic (exact) mass is 267 g/mol. The molecule has 4 heteroatoms. The van der Waals surface area contributed by atoms with E-state index in [2.05, 4.69) is 52.8 Å². The van der Waals surface area contributed by atoms with Gasteiger partial charge in [-0.3, -0.25) is 5.10 Å². The van der Waals surface area contributed by atoms with Gasteiger partial charge >= 0.3 is 0 Å². The summed E-state index contributed by atoms with van der Waals surface area (Å²) in [5.41, 5.74) is 4.50. The van der Waals surface area contributed by atoms with Crippen LogP contribution in [0.5, 0.6) is 5.75 Å². The van der Waals surface area contributed by atoms with Crippen molar-refractivity contribution >= 4 is 16.6 Å². The summed E-state index contributed by atoms with van der Waals surface area (Å²) < 4.78 is 5.27. The predicted octanol–water partition coefficient (Wildman–Crippen LogP) is 3.49. The predicted molar refractivity (Wildman–Crippen MR) is 81.2 cm³/mol. The van der Waals surface area contributed by atoms with Gasteiger partial charge in [0.25, 0.3) is 0 Å². The highest BCUT2D eigenvalue weighted by Gasteiger charge is 2.01. The van der Waals surface area contributed by atoms with Crippen molar-refractivity contribution in [3.63, 3.8) is 0 Å². The van der Waals surface area contributed by atoms with Crippen LogP contribution in [0.15, 0.2) is 42.6 Å². The molecule has 0 aliphatic carbocycles. The second kappa shape index (κ2) is 5.25. The zero-order valence-electron chi connectivity index (χ0n) is 11.6. The van der Waals surface area contributed by atoms with Crippen LogP contribution in [0.25, 0.3) is 10.9 Å². The number of hydrogen-bond donors (Lipinski definition) is 2. The first-order chi connectivity index (χ1) is 9.76. The normalized spacial score (nSPS) is 10.7. The minimum Gasteiger partial charge on any atom is -0.496 e. The molecule has 4 nitrogen and oxygen atoms in total. The number of ether oxygens (including phenoxy) is 1. The Bertz CT molecular complexity index is 733. The number of nitrogens with one attached hydrogen (secondary N) is 2. The number of H-pyrrole nitrogens is 1. The summed E-state index contributed by atoms with van der Waals surface area (Å²) in [6.45, 7) is 2.84. The first kappa shape index (κ1) is 12.5. The molecule has 0 unspecified atom stereocenters. The standard InChI is InChI=1S/C16H17N3O/c1-11-7-12(3-6-16(11)20-2)9-17-14-5-4-13-10-18-19-15(13)8-14/h3-8,10,17H,9H2,1-2H3,(H,18,19). The van der Waals surface area contributed by atoms with Crippen LogP contribution in [-0.2, 0) is 6.54 Å². The number of methoxy groups -OCH3 is 1. The maximum atomic E-state index is 5.27. The van der Waals surface area contributed by atoms with Gasteiger partial charge in [0.1, 0.15) is 5.75 Å². The lowest BCUT2D eigenvalue weighted by Gasteiger charge is -2.09. The molecule has 1 heterocycles. The Morgan fingerprint density at radius 1 is 1.20 bits per heavy atom. The van der Waals surface area contributed by atoms with Crippen LogP contribution in [0.1, 0.15) is 11.1 Å². The molecule has 0 aliphatic rings. The van der Waals surface area contributed by atoms with Crippen molar-refractivity contribution in [3.05, 3.63) is 53.7 Å². The Labute approximate surface area is 117 Å². The van der Waals surface area contributed by atoms with Gasteiger partial charge in [0.15, 0.2) is 0 Å². The number of aromatic nitrogens is 2. The van der Waals surface area contributed by atoms with E-state index in [0.717, 1.165) is 34.4 Å². The Morgan fingerprint density at radius 2 is 2.10 bits per heavy atom. The Balaban J connectivity index is 1.73. The number of rotatable bonds is 4. The highest BCUT2D eigenvalue weighted by molar-refractivity contribution is 5.81. The van der Waals surface area contributed by atoms with Gasteiger partial charge in [-0.05, 0) is 42.3 Å². The molecule has 20 heavy (non-hydrogen) atoms. The Kier molecular flexibility index (Phi) is 3.29. The molecule has 0 aliphatic heterocycles. The minimum atomic E-state index is 0.782. The lowest BCUT2D eigenvalue weighted by molar-refractivity contribution is 0.411. The summed E-state index contributed by atoms with van der Waals surface area (Å²) in [6, 6.07) is 12.4. The third-order valence-corrected chi connectivity index (χ3v) is 3.40. The molecular weight excluding hydrogens is 250 g/mol. The highest BCUT2D eigenvalue weighted by atomic mass is 16.5. The summed E-state index contributed by atoms with van der Waals surface area (Å²) in [4.78, 5) is 0. The van der Waals surface area contributed by atoms with Crippen molar-refractivity contribution < 1.29 is 4.74 Å². The molecule has 102 valence electrons. The average Bonchev–Trinajstić information content (AvgIpc) is 2.92. The van der Waals surface area contributed by atoms with Gasteiger partial charge in [-0.15, -0.1) is 0 Å². The molecule has 0 saturated carbocycles. The van der Waals surface area contributed by atoms with Crippen molar-refractivity contribution in [1.29, 1.82) is 0 Å². The molecule has 0 saturated heterocycles. The molecule has 0 fully saturated rings. The van der Waals surface area contributed by atoms with E-state index in [1.807, 2.05) is 12.3 Å². The van der Waals surface area contributed by atoms with E-state index in [9.17, 15) is 0 Å². The van der Waals surface area contributed by atoms with E-state index in [1.54, 1.807) is 7.11 Å². The van der Waals surface area contributed by atoms with Gasteiger partial charge < -0.3 is 10.1 Å². The van der Waals surface area contributed by atoms with E-state index in [0.29, 0.717) is 0 Å². The Hall–Kier alpha value is -2.49. The third kappa shape index (κ3) is 2.45. The van der Waals surface area contributed by atoms with Crippen molar-refractivity contribution in [2.75, 3.05) is 12.4 Å². The van der Waals surface area contributed by atoms with Crippen LogP contribution >= 0.6 is 0 Å². The topological polar surface area (TPSA) is 49.9 Å². The summed E-state index contributed by atoms with van der Waals surface area (Å²) in [5, 5.41) is 11.5. The van der Waals surface area contributed by atoms with E-state index in [1.165, 1.54) is 5.56 Å². The lowest BCUT2D eigenvalue weighted by atomic mass is 10.1. The highest BCUT2D eigenvalue weighted by Crippen LogP contribution is 2.20. The van der Waals surface area contributed by atoms with Crippen molar-refractivity contribution in [1.82, 2.24) is 10.2 Å². The molecule has 0 radical (unpaired) electrons. The average molecular weight is 267 g/mol. The van der Waals surface area contributed by atoms with Crippen LogP contribution in [0.2, 0.25) is 0 Å². The fraction of sp³-hybridized carbons (Fsp3) is 0.188. The van der Waals surface area contributed by atoms with Gasteiger partial charge in [-0.2, -0.15) is 5.10 Å². The van der Waals surface area contributed by atoms with Crippen LogP contribution in [0.4, 0.5) is 5.69 Å². The molecular formula is C16H17N3O. The summed E-state index contributed by atoms with van der Waals surface area (Å²) >= 11 is 0. The SMILES string of the molecule is COc1ccc(CNc2ccc3cn[nH]c3c2)cc1C. The van der Waals surface area contributed by atoms with E-state index >= 15 is 0 Å². The Morgan fingerprint density at radius 3 is 2.90 bits per heavy atom. The third-order valence-electron chi connectivity index (χ3n) is 3.40. The number of hydrogen-bond acceptors (Lipinski definition) is 3. The first-order valence-electron chi connectivity index (χ1n) is 6.57. The zero-order valence-corrected chi connectivity index (χ0v) is 11.6. The van der Waals surface area contributed by atoms with Crippen LogP contribution < -0.4 is 10.1 Å². The fourth-order valence-corrected chi connectivity index (χ4v) is 2.30. The second-order valence-corrected chi connectivity index (χ2v) is 4.83. The zero-order chi connectivity index (χ0) is 13.9. The minimum absolute atomic E-state index is 0.782. The number of nitrogens with zero attached hydrogens (tertiary/aromatic N) is 1. The van der Waals surface area contributed by atoms with Crippen LogP contribution in [-0.4, -0.2) is 17.3 Å². The second-order valence-electron chi connectivity index (χ2n) is 4.83. The van der Waals surface area contributed by atoms with Gasteiger partial charge in [0.05, 0.1) is 18.8 Å². The lowest BCUT2D eigenvalue weighted by Crippen LogP contribution is -2.00. The molecule has 0 bridgehead atoms. The van der Waals surface area contributed by atoms with Crippen molar-refractivity contribution in [3.8, 4) is 5.75 Å². The molecule has 1 aromatic heterocycles. The number of aromatic amines is 1. The van der Waals surface area contributed by atoms with E-state index in [-0.39, 0.29) is 0 Å². The fourth-order valence-electron chi connectivity index (χ4n) is 2.30. The van der Waals surface area contributed by atoms with Gasteiger partial charge in [-0.1, -0.05) is 12.1 Å². The van der Waals surface area contributed by atoms with E-state index < -0.39 is 0 Å². The van der Waals surface area contributed by atoms with Crippen molar-refractivity contribution in [2.24, 2.45) is 0 Å². The summed E-state index contributed by atoms with van der Waals surface area (Å²) in [5.74, 6) is 0.924. The van der Waals surface area contributed by atoms with Gasteiger partial charge in [0, 0.05) is 17.6 Å². The summed E-state index contributed by atoms with van der Waals surface area (Å²) in [6.07, 6.45) is 1.83.